The third-order valence-electron chi connectivity index (χ3n) is 2.46. The molecule has 0 aromatic heterocycles. The molecule has 4 nitrogen and oxygen atoms in total. The van der Waals surface area contributed by atoms with Crippen LogP contribution in [0.25, 0.3) is 0 Å². The zero-order chi connectivity index (χ0) is 12.3. The van der Waals surface area contributed by atoms with Crippen molar-refractivity contribution in [1.82, 2.24) is 0 Å². The Labute approximate surface area is 92.5 Å². The molecule has 1 rings (SSSR count). The molecule has 0 bridgehead atoms. The van der Waals surface area contributed by atoms with Gasteiger partial charge in [-0.25, -0.2) is 4.39 Å². The molecule has 0 saturated heterocycles. The number of aliphatic hydroxyl groups excluding tert-OH is 2. The normalized spacial score (nSPS) is 16.4. The molecule has 0 radical (unpaired) electrons. The first-order valence-corrected chi connectivity index (χ1v) is 4.62. The first kappa shape index (κ1) is 12.5. The molecule has 0 fully saturated rings. The van der Waals surface area contributed by atoms with E-state index >= 15 is 0 Å². The maximum atomic E-state index is 12.8. The molecular weight excluding hydrogens is 213 g/mol. The van der Waals surface area contributed by atoms with Gasteiger partial charge in [0.15, 0.2) is 0 Å². The van der Waals surface area contributed by atoms with Gasteiger partial charge >= 0.3 is 0 Å². The summed E-state index contributed by atoms with van der Waals surface area (Å²) in [6.45, 7) is 1.99. The molecule has 0 aliphatic rings. The van der Waals surface area contributed by atoms with Crippen LogP contribution in [0.15, 0.2) is 36.6 Å². The summed E-state index contributed by atoms with van der Waals surface area (Å²) in [5.41, 5.74) is 3.87. The standard InChI is InChI=1S/C11H14FNO3/c1-7(14)11(13,6-12)10(16)8-2-4-9(15)5-3-8/h2-5,10,14-16H,1,6,13H2. The lowest BCUT2D eigenvalue weighted by Crippen LogP contribution is -2.49. The summed E-state index contributed by atoms with van der Waals surface area (Å²) in [6.07, 6.45) is -1.43. The first-order valence-electron chi connectivity index (χ1n) is 4.62. The molecule has 1 aromatic carbocycles. The number of nitrogens with two attached hydrogens (primary N) is 1. The number of alkyl halides is 1. The molecule has 88 valence electrons. The Hall–Kier alpha value is -1.59. The number of aromatic hydroxyl groups is 1. The van der Waals surface area contributed by atoms with Gasteiger partial charge in [0.25, 0.3) is 0 Å². The van der Waals surface area contributed by atoms with Gasteiger partial charge < -0.3 is 21.1 Å². The second-order valence-corrected chi connectivity index (χ2v) is 3.61. The van der Waals surface area contributed by atoms with Gasteiger partial charge in [0.05, 0.1) is 0 Å². The number of aliphatic hydroxyl groups is 2. The highest BCUT2D eigenvalue weighted by molar-refractivity contribution is 5.31. The summed E-state index contributed by atoms with van der Waals surface area (Å²) in [7, 11) is 0. The fraction of sp³-hybridized carbons (Fsp3) is 0.273. The summed E-state index contributed by atoms with van der Waals surface area (Å²) in [4.78, 5) is 0. The van der Waals surface area contributed by atoms with Crippen LogP contribution in [0.2, 0.25) is 0 Å². The highest BCUT2D eigenvalue weighted by atomic mass is 19.1. The summed E-state index contributed by atoms with van der Waals surface area (Å²) >= 11 is 0. The molecule has 2 atom stereocenters. The van der Waals surface area contributed by atoms with Crippen molar-refractivity contribution in [2.24, 2.45) is 5.73 Å². The fourth-order valence-corrected chi connectivity index (χ4v) is 1.26. The molecule has 1 aromatic rings. The second kappa shape index (κ2) is 4.51. The minimum atomic E-state index is -1.93. The largest absolute Gasteiger partial charge is 0.511 e. The van der Waals surface area contributed by atoms with Crippen molar-refractivity contribution in [3.63, 3.8) is 0 Å². The Kier molecular flexibility index (Phi) is 3.51. The predicted octanol–water partition coefficient (Wildman–Crippen LogP) is 1.16. The summed E-state index contributed by atoms with van der Waals surface area (Å²) < 4.78 is 12.8. The molecule has 0 aliphatic heterocycles. The van der Waals surface area contributed by atoms with Gasteiger partial charge in [-0.15, -0.1) is 0 Å². The van der Waals surface area contributed by atoms with E-state index in [1.165, 1.54) is 24.3 Å². The van der Waals surface area contributed by atoms with Gasteiger partial charge in [-0.05, 0) is 17.7 Å². The smallest absolute Gasteiger partial charge is 0.132 e. The molecule has 0 amide bonds. The number of phenolic OH excluding ortho intramolecular Hbond substituents is 1. The monoisotopic (exact) mass is 227 g/mol. The Morgan fingerprint density at radius 1 is 1.44 bits per heavy atom. The second-order valence-electron chi connectivity index (χ2n) is 3.61. The van der Waals surface area contributed by atoms with Gasteiger partial charge in [0, 0.05) is 0 Å². The van der Waals surface area contributed by atoms with Crippen molar-refractivity contribution in [2.75, 3.05) is 6.67 Å². The maximum Gasteiger partial charge on any atom is 0.132 e. The lowest BCUT2D eigenvalue weighted by Gasteiger charge is -2.30. The Bertz CT molecular complexity index is 379. The van der Waals surface area contributed by atoms with Crippen molar-refractivity contribution < 1.29 is 19.7 Å². The minimum Gasteiger partial charge on any atom is -0.511 e. The topological polar surface area (TPSA) is 86.7 Å². The minimum absolute atomic E-state index is 0.0154. The molecular formula is C11H14FNO3. The molecule has 2 unspecified atom stereocenters. The quantitative estimate of drug-likeness (QED) is 0.581. The van der Waals surface area contributed by atoms with Crippen molar-refractivity contribution in [3.05, 3.63) is 42.2 Å². The van der Waals surface area contributed by atoms with Gasteiger partial charge in [-0.1, -0.05) is 18.7 Å². The highest BCUT2D eigenvalue weighted by Gasteiger charge is 2.38. The predicted molar refractivity (Wildman–Crippen MR) is 57.7 cm³/mol. The Balaban J connectivity index is 3.04. The number of phenols is 1. The number of hydrogen-bond acceptors (Lipinski definition) is 4. The van der Waals surface area contributed by atoms with Crippen molar-refractivity contribution in [1.29, 1.82) is 0 Å². The lowest BCUT2D eigenvalue weighted by molar-refractivity contribution is 0.0621. The van der Waals surface area contributed by atoms with Crippen LogP contribution >= 0.6 is 0 Å². The Morgan fingerprint density at radius 2 is 1.94 bits per heavy atom. The molecule has 0 saturated carbocycles. The van der Waals surface area contributed by atoms with E-state index in [1.54, 1.807) is 0 Å². The summed E-state index contributed by atoms with van der Waals surface area (Å²) in [5.74, 6) is -0.614. The molecule has 0 aliphatic carbocycles. The zero-order valence-corrected chi connectivity index (χ0v) is 8.60. The van der Waals surface area contributed by atoms with E-state index in [0.29, 0.717) is 0 Å². The molecule has 0 spiro atoms. The van der Waals surface area contributed by atoms with Crippen LogP contribution in [0.5, 0.6) is 5.75 Å². The van der Waals surface area contributed by atoms with Crippen molar-refractivity contribution in [3.8, 4) is 5.75 Å². The van der Waals surface area contributed by atoms with Gasteiger partial charge in [-0.3, -0.25) is 0 Å². The van der Waals surface area contributed by atoms with E-state index in [-0.39, 0.29) is 11.3 Å². The third kappa shape index (κ3) is 2.15. The van der Waals surface area contributed by atoms with E-state index in [4.69, 9.17) is 10.8 Å². The van der Waals surface area contributed by atoms with Crippen LogP contribution in [0.1, 0.15) is 11.7 Å². The Morgan fingerprint density at radius 3 is 2.31 bits per heavy atom. The average Bonchev–Trinajstić information content (AvgIpc) is 2.27. The number of halogens is 1. The number of benzene rings is 1. The van der Waals surface area contributed by atoms with Crippen LogP contribution in [0, 0.1) is 0 Å². The number of hydrogen-bond donors (Lipinski definition) is 4. The van der Waals surface area contributed by atoms with E-state index in [1.807, 2.05) is 0 Å². The van der Waals surface area contributed by atoms with Crippen molar-refractivity contribution in [2.45, 2.75) is 11.6 Å². The summed E-state index contributed by atoms with van der Waals surface area (Å²) in [5, 5.41) is 28.1. The summed E-state index contributed by atoms with van der Waals surface area (Å²) in [6, 6.07) is 5.44. The van der Waals surface area contributed by atoms with Crippen LogP contribution in [-0.4, -0.2) is 27.5 Å². The maximum absolute atomic E-state index is 12.8. The molecule has 5 N–H and O–H groups in total. The van der Waals surface area contributed by atoms with E-state index in [0.717, 1.165) is 0 Å². The van der Waals surface area contributed by atoms with Gasteiger partial charge in [0.1, 0.15) is 29.8 Å². The number of rotatable bonds is 4. The average molecular weight is 227 g/mol. The fourth-order valence-electron chi connectivity index (χ4n) is 1.26. The van der Waals surface area contributed by atoms with Crippen LogP contribution in [-0.2, 0) is 0 Å². The molecule has 16 heavy (non-hydrogen) atoms. The third-order valence-corrected chi connectivity index (χ3v) is 2.46. The molecule has 0 heterocycles. The van der Waals surface area contributed by atoms with Crippen LogP contribution in [0.3, 0.4) is 0 Å². The van der Waals surface area contributed by atoms with E-state index in [9.17, 15) is 14.6 Å². The van der Waals surface area contributed by atoms with E-state index in [2.05, 4.69) is 6.58 Å². The van der Waals surface area contributed by atoms with Crippen molar-refractivity contribution >= 4 is 0 Å². The van der Waals surface area contributed by atoms with Gasteiger partial charge in [-0.2, -0.15) is 0 Å². The van der Waals surface area contributed by atoms with Gasteiger partial charge in [0.2, 0.25) is 0 Å². The van der Waals surface area contributed by atoms with Crippen LogP contribution in [0.4, 0.5) is 4.39 Å². The van der Waals surface area contributed by atoms with E-state index < -0.39 is 24.1 Å². The molecule has 5 heteroatoms. The zero-order valence-electron chi connectivity index (χ0n) is 8.60. The van der Waals surface area contributed by atoms with Crippen LogP contribution < -0.4 is 5.73 Å². The SMILES string of the molecule is C=C(O)C(N)(CF)C(O)c1ccc(O)cc1. The highest BCUT2D eigenvalue weighted by Crippen LogP contribution is 2.29. The first-order chi connectivity index (χ1) is 7.41. The lowest BCUT2D eigenvalue weighted by atomic mass is 9.88.